The van der Waals surface area contributed by atoms with E-state index in [0.717, 1.165) is 44.3 Å². The van der Waals surface area contributed by atoms with E-state index in [1.807, 2.05) is 18.4 Å². The Kier molecular flexibility index (Phi) is 10.5. The van der Waals surface area contributed by atoms with Gasteiger partial charge in [0.15, 0.2) is 6.54 Å². The van der Waals surface area contributed by atoms with E-state index >= 15 is 0 Å². The normalized spacial score (nSPS) is 15.0. The first-order chi connectivity index (χ1) is 15.4. The van der Waals surface area contributed by atoms with E-state index in [0.29, 0.717) is 27.2 Å². The fourth-order valence-corrected chi connectivity index (χ4v) is 5.06. The number of ether oxygens (including phenoxy) is 2. The molecule has 7 nitrogen and oxygen atoms in total. The van der Waals surface area contributed by atoms with E-state index < -0.39 is 5.97 Å². The maximum absolute atomic E-state index is 13.0. The highest BCUT2D eigenvalue weighted by Crippen LogP contribution is 2.28. The highest BCUT2D eigenvalue weighted by atomic mass is 79.9. The molecular weight excluding hydrogens is 508 g/mol. The number of amides is 1. The average Bonchev–Trinajstić information content (AvgIpc) is 3.00. The molecule has 1 saturated heterocycles. The molecule has 0 aliphatic carbocycles. The van der Waals surface area contributed by atoms with Crippen molar-refractivity contribution >= 4 is 34.9 Å². The van der Waals surface area contributed by atoms with Crippen molar-refractivity contribution in [3.8, 4) is 0 Å². The Morgan fingerprint density at radius 3 is 2.33 bits per heavy atom. The van der Waals surface area contributed by atoms with Gasteiger partial charge >= 0.3 is 11.9 Å². The van der Waals surface area contributed by atoms with Gasteiger partial charge in [0.05, 0.1) is 31.5 Å². The van der Waals surface area contributed by atoms with Crippen LogP contribution < -0.4 is 22.3 Å². The molecule has 1 aliphatic heterocycles. The van der Waals surface area contributed by atoms with Gasteiger partial charge in [-0.05, 0) is 55.7 Å². The van der Waals surface area contributed by atoms with Gasteiger partial charge in [-0.15, -0.1) is 11.3 Å². The number of nitrogens with one attached hydrogen (secondary N) is 1. The van der Waals surface area contributed by atoms with Crippen LogP contribution in [0.1, 0.15) is 51.3 Å². The maximum Gasteiger partial charge on any atom is 0.350 e. The van der Waals surface area contributed by atoms with Crippen molar-refractivity contribution in [2.45, 2.75) is 32.6 Å². The summed E-state index contributed by atoms with van der Waals surface area (Å²) < 4.78 is 10.9. The number of hydrogen-bond acceptors (Lipinski definition) is 6. The monoisotopic (exact) mass is 538 g/mol. The summed E-state index contributed by atoms with van der Waals surface area (Å²) in [6.45, 7) is 4.70. The van der Waals surface area contributed by atoms with Crippen molar-refractivity contribution in [3.05, 3.63) is 51.7 Å². The van der Waals surface area contributed by atoms with Crippen LogP contribution in [0.2, 0.25) is 0 Å². The Hall–Kier alpha value is -2.23. The highest BCUT2D eigenvalue weighted by molar-refractivity contribution is 7.12. The van der Waals surface area contributed by atoms with E-state index in [1.165, 1.54) is 18.4 Å². The van der Waals surface area contributed by atoms with Gasteiger partial charge in [0, 0.05) is 0 Å². The maximum atomic E-state index is 13.0. The van der Waals surface area contributed by atoms with Crippen LogP contribution in [-0.4, -0.2) is 62.2 Å². The molecule has 1 fully saturated rings. The molecule has 1 aromatic carbocycles. The fourth-order valence-electron chi connectivity index (χ4n) is 4.14. The van der Waals surface area contributed by atoms with Crippen molar-refractivity contribution in [1.82, 2.24) is 0 Å². The van der Waals surface area contributed by atoms with Crippen LogP contribution in [0.15, 0.2) is 35.7 Å². The lowest BCUT2D eigenvalue weighted by atomic mass is 10.2. The van der Waals surface area contributed by atoms with Crippen LogP contribution >= 0.6 is 11.3 Å². The number of thiophene rings is 1. The van der Waals surface area contributed by atoms with Gasteiger partial charge in [-0.25, -0.2) is 9.59 Å². The number of benzene rings is 1. The Morgan fingerprint density at radius 1 is 1.03 bits per heavy atom. The second kappa shape index (κ2) is 12.9. The predicted molar refractivity (Wildman–Crippen MR) is 124 cm³/mol. The van der Waals surface area contributed by atoms with Crippen molar-refractivity contribution in [3.63, 3.8) is 0 Å². The first-order valence-electron chi connectivity index (χ1n) is 11.0. The van der Waals surface area contributed by atoms with Crippen LogP contribution in [0.4, 0.5) is 5.69 Å². The number of nitrogens with zero attached hydrogens (tertiary/aromatic N) is 1. The van der Waals surface area contributed by atoms with Crippen LogP contribution in [0.25, 0.3) is 0 Å². The zero-order valence-electron chi connectivity index (χ0n) is 19.1. The van der Waals surface area contributed by atoms with E-state index in [1.54, 1.807) is 24.3 Å². The van der Waals surface area contributed by atoms with Crippen molar-refractivity contribution < 1.29 is 45.3 Å². The highest BCUT2D eigenvalue weighted by Gasteiger charge is 2.32. The minimum atomic E-state index is -0.454. The van der Waals surface area contributed by atoms with Crippen molar-refractivity contribution in [2.75, 3.05) is 45.2 Å². The predicted octanol–water partition coefficient (Wildman–Crippen LogP) is 1.03. The molecule has 180 valence electrons. The number of carbonyl (C=O) groups excluding carboxylic acids is 3. The molecule has 3 rings (SSSR count). The number of rotatable bonds is 8. The number of halogens is 1. The first kappa shape index (κ1) is 27.0. The molecule has 0 radical (unpaired) electrons. The molecule has 33 heavy (non-hydrogen) atoms. The molecule has 1 amide bonds. The van der Waals surface area contributed by atoms with Crippen LogP contribution in [0.5, 0.6) is 0 Å². The minimum absolute atomic E-state index is 0. The standard InChI is InChI=1S/C24H30N2O5S.BrH/c1-18-17-32-22(24(29)30-2)21(18)25-20(27)16-26(12-8-3-4-9-13-26)14-15-31-23(28)19-10-6-5-7-11-19;/h5-7,10-11,17H,3-4,8-9,12-16H2,1-2H3;1H. The summed E-state index contributed by atoms with van der Waals surface area (Å²) in [5.74, 6) is -0.947. The van der Waals surface area contributed by atoms with Crippen LogP contribution in [0.3, 0.4) is 0 Å². The number of hydrogen-bond donors (Lipinski definition) is 1. The fraction of sp³-hybridized carbons (Fsp3) is 0.458. The molecular formula is C24H31BrN2O5S. The summed E-state index contributed by atoms with van der Waals surface area (Å²) in [6.07, 6.45) is 4.35. The summed E-state index contributed by atoms with van der Waals surface area (Å²) in [7, 11) is 1.33. The number of likely N-dealkylation sites (tertiary alicyclic amines) is 1. The summed E-state index contributed by atoms with van der Waals surface area (Å²) in [4.78, 5) is 37.8. The summed E-state index contributed by atoms with van der Waals surface area (Å²) in [6, 6.07) is 8.92. The number of esters is 2. The molecule has 0 bridgehead atoms. The molecule has 0 saturated carbocycles. The molecule has 2 aromatic rings. The third-order valence-corrected chi connectivity index (χ3v) is 6.99. The lowest BCUT2D eigenvalue weighted by molar-refractivity contribution is -0.920. The third-order valence-electron chi connectivity index (χ3n) is 5.91. The van der Waals surface area contributed by atoms with Gasteiger partial charge in [0.25, 0.3) is 5.91 Å². The van der Waals surface area contributed by atoms with Gasteiger partial charge in [-0.1, -0.05) is 18.2 Å². The van der Waals surface area contributed by atoms with Crippen LogP contribution in [0, 0.1) is 6.92 Å². The van der Waals surface area contributed by atoms with E-state index in [4.69, 9.17) is 9.47 Å². The van der Waals surface area contributed by atoms with E-state index in [-0.39, 0.29) is 42.0 Å². The molecule has 0 spiro atoms. The lowest BCUT2D eigenvalue weighted by Gasteiger charge is -2.37. The quantitative estimate of drug-likeness (QED) is 0.401. The zero-order valence-corrected chi connectivity index (χ0v) is 21.5. The molecule has 0 atom stereocenters. The van der Waals surface area contributed by atoms with Crippen molar-refractivity contribution in [2.24, 2.45) is 0 Å². The molecule has 2 heterocycles. The zero-order chi connectivity index (χ0) is 23.0. The largest absolute Gasteiger partial charge is 1.00 e. The van der Waals surface area contributed by atoms with Gasteiger partial charge < -0.3 is 36.3 Å². The molecule has 9 heteroatoms. The van der Waals surface area contributed by atoms with Gasteiger partial charge in [0.2, 0.25) is 0 Å². The number of carbonyl (C=O) groups is 3. The van der Waals surface area contributed by atoms with E-state index in [2.05, 4.69) is 5.32 Å². The van der Waals surface area contributed by atoms with Gasteiger partial charge in [-0.3, -0.25) is 4.79 Å². The van der Waals surface area contributed by atoms with E-state index in [9.17, 15) is 14.4 Å². The first-order valence-corrected chi connectivity index (χ1v) is 11.9. The lowest BCUT2D eigenvalue weighted by Crippen LogP contribution is -3.00. The Bertz CT molecular complexity index is 940. The average molecular weight is 539 g/mol. The Morgan fingerprint density at radius 2 is 1.70 bits per heavy atom. The Labute approximate surface area is 209 Å². The molecule has 0 unspecified atom stereocenters. The number of methoxy groups -OCH3 is 1. The second-order valence-electron chi connectivity index (χ2n) is 8.25. The van der Waals surface area contributed by atoms with Crippen molar-refractivity contribution in [1.29, 1.82) is 0 Å². The summed E-state index contributed by atoms with van der Waals surface area (Å²) in [5, 5.41) is 4.77. The second-order valence-corrected chi connectivity index (χ2v) is 9.13. The number of anilines is 1. The smallest absolute Gasteiger partial charge is 0.350 e. The summed E-state index contributed by atoms with van der Waals surface area (Å²) >= 11 is 1.26. The Balaban J connectivity index is 0.00000385. The minimum Gasteiger partial charge on any atom is -1.00 e. The summed E-state index contributed by atoms with van der Waals surface area (Å²) in [5.41, 5.74) is 1.88. The topological polar surface area (TPSA) is 81.7 Å². The SMILES string of the molecule is COC(=O)c1scc(C)c1NC(=O)C[N+]1(CCOC(=O)c2ccccc2)CCCCCC1.[Br-]. The molecule has 1 N–H and O–H groups in total. The number of aryl methyl sites for hydroxylation is 1. The molecule has 1 aromatic heterocycles. The third kappa shape index (κ3) is 7.38. The van der Waals surface area contributed by atoms with Crippen LogP contribution in [-0.2, 0) is 14.3 Å². The number of quaternary nitrogens is 1. The van der Waals surface area contributed by atoms with Gasteiger partial charge in [0.1, 0.15) is 18.0 Å². The van der Waals surface area contributed by atoms with Gasteiger partial charge in [-0.2, -0.15) is 0 Å². The molecule has 1 aliphatic rings.